The van der Waals surface area contributed by atoms with Crippen LogP contribution < -0.4 is 10.5 Å². The average molecular weight is 254 g/mol. The molecule has 0 atom stereocenters. The van der Waals surface area contributed by atoms with Gasteiger partial charge in [-0.3, -0.25) is 0 Å². The van der Waals surface area contributed by atoms with Crippen molar-refractivity contribution in [3.63, 3.8) is 0 Å². The van der Waals surface area contributed by atoms with E-state index in [0.717, 1.165) is 12.8 Å². The first-order valence-electron chi connectivity index (χ1n) is 5.71. The van der Waals surface area contributed by atoms with Crippen LogP contribution in [0, 0.1) is 5.92 Å². The minimum atomic E-state index is -3.48. The van der Waals surface area contributed by atoms with Crippen LogP contribution >= 0.6 is 0 Å². The van der Waals surface area contributed by atoms with Crippen LogP contribution in [0.25, 0.3) is 0 Å². The first-order valence-corrected chi connectivity index (χ1v) is 7.19. The first-order chi connectivity index (χ1) is 7.81. The summed E-state index contributed by atoms with van der Waals surface area (Å²) in [5.41, 5.74) is 5.67. The van der Waals surface area contributed by atoms with Crippen LogP contribution in [0.3, 0.4) is 0 Å². The molecule has 0 aromatic heterocycles. The molecule has 17 heavy (non-hydrogen) atoms. The maximum atomic E-state index is 12.2. The van der Waals surface area contributed by atoms with Gasteiger partial charge in [-0.25, -0.2) is 13.1 Å². The molecule has 1 aliphatic carbocycles. The van der Waals surface area contributed by atoms with Gasteiger partial charge in [-0.2, -0.15) is 0 Å². The third-order valence-corrected chi connectivity index (χ3v) is 4.83. The monoisotopic (exact) mass is 254 g/mol. The van der Waals surface area contributed by atoms with E-state index in [0.29, 0.717) is 11.6 Å². The highest BCUT2D eigenvalue weighted by atomic mass is 32.2. The zero-order valence-electron chi connectivity index (χ0n) is 10.1. The third kappa shape index (κ3) is 2.79. The number of nitrogens with two attached hydrogens (primary N) is 1. The number of rotatable bonds is 4. The maximum absolute atomic E-state index is 12.2. The Kier molecular flexibility index (Phi) is 2.91. The highest BCUT2D eigenvalue weighted by Crippen LogP contribution is 2.39. The molecular weight excluding hydrogens is 236 g/mol. The number of nitrogen functional groups attached to an aromatic ring is 1. The van der Waals surface area contributed by atoms with E-state index >= 15 is 0 Å². The first kappa shape index (κ1) is 12.4. The Balaban J connectivity index is 2.24. The minimum Gasteiger partial charge on any atom is -0.399 e. The van der Waals surface area contributed by atoms with Gasteiger partial charge in [-0.1, -0.05) is 6.07 Å². The van der Waals surface area contributed by atoms with Crippen LogP contribution in [0.5, 0.6) is 0 Å². The molecule has 1 aromatic carbocycles. The van der Waals surface area contributed by atoms with Gasteiger partial charge in [-0.15, -0.1) is 0 Å². The van der Waals surface area contributed by atoms with E-state index in [4.69, 9.17) is 5.73 Å². The lowest BCUT2D eigenvalue weighted by Crippen LogP contribution is -2.45. The summed E-state index contributed by atoms with van der Waals surface area (Å²) in [6, 6.07) is 6.35. The van der Waals surface area contributed by atoms with Gasteiger partial charge in [0.1, 0.15) is 0 Å². The minimum absolute atomic E-state index is 0.228. The van der Waals surface area contributed by atoms with E-state index in [1.54, 1.807) is 18.2 Å². The fraction of sp³-hybridized carbons (Fsp3) is 0.500. The van der Waals surface area contributed by atoms with Crippen molar-refractivity contribution in [3.05, 3.63) is 24.3 Å². The summed E-state index contributed by atoms with van der Waals surface area (Å²) in [7, 11) is -3.48. The smallest absolute Gasteiger partial charge is 0.241 e. The molecule has 0 unspecified atom stereocenters. The SMILES string of the molecule is CC(C)(NS(=O)(=O)c1cccc(N)c1)C1CC1. The van der Waals surface area contributed by atoms with Gasteiger partial charge < -0.3 is 5.73 Å². The second-order valence-corrected chi connectivity index (χ2v) is 6.86. The number of anilines is 1. The average Bonchev–Trinajstić information content (AvgIpc) is 2.99. The van der Waals surface area contributed by atoms with Crippen LogP contribution in [0.2, 0.25) is 0 Å². The predicted molar refractivity (Wildman–Crippen MR) is 68.0 cm³/mol. The Morgan fingerprint density at radius 1 is 1.35 bits per heavy atom. The van der Waals surface area contributed by atoms with Gasteiger partial charge in [0.15, 0.2) is 0 Å². The molecule has 1 aromatic rings. The lowest BCUT2D eigenvalue weighted by molar-refractivity contribution is 0.400. The van der Waals surface area contributed by atoms with E-state index in [2.05, 4.69) is 4.72 Å². The van der Waals surface area contributed by atoms with Gasteiger partial charge >= 0.3 is 0 Å². The summed E-state index contributed by atoms with van der Waals surface area (Å²) >= 11 is 0. The molecule has 5 heteroatoms. The summed E-state index contributed by atoms with van der Waals surface area (Å²) < 4.78 is 27.1. The van der Waals surface area contributed by atoms with Crippen LogP contribution in [0.1, 0.15) is 26.7 Å². The summed E-state index contributed by atoms with van der Waals surface area (Å²) in [6.45, 7) is 3.85. The summed E-state index contributed by atoms with van der Waals surface area (Å²) in [5, 5.41) is 0. The van der Waals surface area contributed by atoms with E-state index < -0.39 is 10.0 Å². The molecule has 0 heterocycles. The molecule has 2 rings (SSSR count). The fourth-order valence-electron chi connectivity index (χ4n) is 1.98. The predicted octanol–water partition coefficient (Wildman–Crippen LogP) is 1.74. The second-order valence-electron chi connectivity index (χ2n) is 5.17. The third-order valence-electron chi connectivity index (χ3n) is 3.16. The second kappa shape index (κ2) is 3.99. The van der Waals surface area contributed by atoms with Crippen molar-refractivity contribution >= 4 is 15.7 Å². The van der Waals surface area contributed by atoms with E-state index in [1.807, 2.05) is 13.8 Å². The van der Waals surface area contributed by atoms with Crippen molar-refractivity contribution in [2.45, 2.75) is 37.1 Å². The van der Waals surface area contributed by atoms with Crippen LogP contribution in [0.4, 0.5) is 5.69 Å². The van der Waals surface area contributed by atoms with Crippen molar-refractivity contribution < 1.29 is 8.42 Å². The largest absolute Gasteiger partial charge is 0.399 e. The van der Waals surface area contributed by atoms with Crippen molar-refractivity contribution in [1.82, 2.24) is 4.72 Å². The quantitative estimate of drug-likeness (QED) is 0.804. The van der Waals surface area contributed by atoms with Crippen LogP contribution in [-0.2, 0) is 10.0 Å². The molecule has 94 valence electrons. The van der Waals surface area contributed by atoms with E-state index in [1.165, 1.54) is 6.07 Å². The highest BCUT2D eigenvalue weighted by molar-refractivity contribution is 7.89. The van der Waals surface area contributed by atoms with Gasteiger partial charge in [0, 0.05) is 11.2 Å². The number of sulfonamides is 1. The molecule has 0 bridgehead atoms. The molecule has 4 nitrogen and oxygen atoms in total. The van der Waals surface area contributed by atoms with Gasteiger partial charge in [0.2, 0.25) is 10.0 Å². The van der Waals surface area contributed by atoms with Gasteiger partial charge in [0.25, 0.3) is 0 Å². The molecule has 0 radical (unpaired) electrons. The number of nitrogens with one attached hydrogen (secondary N) is 1. The van der Waals surface area contributed by atoms with Gasteiger partial charge in [0.05, 0.1) is 4.90 Å². The summed E-state index contributed by atoms with van der Waals surface area (Å²) in [6.07, 6.45) is 2.18. The van der Waals surface area contributed by atoms with Crippen molar-refractivity contribution in [2.24, 2.45) is 5.92 Å². The van der Waals surface area contributed by atoms with Crippen molar-refractivity contribution in [3.8, 4) is 0 Å². The summed E-state index contributed by atoms with van der Waals surface area (Å²) in [5.74, 6) is 0.443. The Bertz CT molecular complexity index is 519. The zero-order valence-corrected chi connectivity index (χ0v) is 10.9. The molecule has 0 spiro atoms. The Labute approximate surface area is 102 Å². The molecule has 1 saturated carbocycles. The Morgan fingerprint density at radius 2 is 2.00 bits per heavy atom. The molecule has 0 amide bonds. The van der Waals surface area contributed by atoms with E-state index in [9.17, 15) is 8.42 Å². The lowest BCUT2D eigenvalue weighted by Gasteiger charge is -2.25. The Morgan fingerprint density at radius 3 is 2.53 bits per heavy atom. The molecular formula is C12H18N2O2S. The number of hydrogen-bond acceptors (Lipinski definition) is 3. The molecule has 1 fully saturated rings. The normalized spacial score (nSPS) is 17.1. The molecule has 0 aliphatic heterocycles. The van der Waals surface area contributed by atoms with Crippen molar-refractivity contribution in [1.29, 1.82) is 0 Å². The molecule has 0 saturated heterocycles. The number of benzene rings is 1. The van der Waals surface area contributed by atoms with Crippen LogP contribution in [-0.4, -0.2) is 14.0 Å². The summed E-state index contributed by atoms with van der Waals surface area (Å²) in [4.78, 5) is 0.228. The van der Waals surface area contributed by atoms with E-state index in [-0.39, 0.29) is 10.4 Å². The number of hydrogen-bond donors (Lipinski definition) is 2. The standard InChI is InChI=1S/C12H18N2O2S/c1-12(2,9-6-7-9)14-17(15,16)11-5-3-4-10(13)8-11/h3-5,8-9,14H,6-7,13H2,1-2H3. The molecule has 3 N–H and O–H groups in total. The zero-order chi connectivity index (χ0) is 12.7. The fourth-order valence-corrected chi connectivity index (χ4v) is 3.50. The lowest BCUT2D eigenvalue weighted by atomic mass is 10.0. The molecule has 1 aliphatic rings. The Hall–Kier alpha value is -1.07. The van der Waals surface area contributed by atoms with Gasteiger partial charge in [-0.05, 0) is 50.8 Å². The highest BCUT2D eigenvalue weighted by Gasteiger charge is 2.40. The topological polar surface area (TPSA) is 72.2 Å². The maximum Gasteiger partial charge on any atom is 0.241 e. The van der Waals surface area contributed by atoms with Crippen LogP contribution in [0.15, 0.2) is 29.2 Å². The van der Waals surface area contributed by atoms with Crippen molar-refractivity contribution in [2.75, 3.05) is 5.73 Å².